The molecule has 0 spiro atoms. The lowest BCUT2D eigenvalue weighted by Crippen LogP contribution is -2.63. The Morgan fingerprint density at radius 1 is 1.43 bits per heavy atom. The van der Waals surface area contributed by atoms with Crippen LogP contribution < -0.4 is 4.90 Å². The maximum atomic E-state index is 11.0. The zero-order valence-electron chi connectivity index (χ0n) is 12.5. The molecule has 4 rings (SSSR count). The molecule has 0 bridgehead atoms. The molecular weight excluding hydrogens is 364 g/mol. The number of hydrogen-bond donors (Lipinski definition) is 1. The molecule has 0 saturated carbocycles. The summed E-state index contributed by atoms with van der Waals surface area (Å²) in [5.41, 5.74) is 0.958. The Hall–Kier alpha value is -2.16. The number of hydrogen-bond acceptors (Lipinski definition) is 6. The van der Waals surface area contributed by atoms with Gasteiger partial charge in [-0.2, -0.15) is 0 Å². The third-order valence-electron chi connectivity index (χ3n) is 4.37. The molecule has 3 aliphatic heterocycles. The molecule has 0 radical (unpaired) electrons. The number of carboxylic acid groups (broad SMARTS) is 1. The van der Waals surface area contributed by atoms with Crippen LogP contribution in [0.15, 0.2) is 26.7 Å². The fourth-order valence-electron chi connectivity index (χ4n) is 2.97. The number of nitrogens with zero attached hydrogens (tertiary/aromatic N) is 6. The van der Waals surface area contributed by atoms with Gasteiger partial charge in [0.2, 0.25) is 0 Å². The van der Waals surface area contributed by atoms with Crippen molar-refractivity contribution in [2.45, 2.75) is 6.04 Å². The highest BCUT2D eigenvalue weighted by Gasteiger charge is 2.40. The summed E-state index contributed by atoms with van der Waals surface area (Å²) in [6.07, 6.45) is 0.826. The summed E-state index contributed by atoms with van der Waals surface area (Å²) in [6, 6.07) is 1.99. The van der Waals surface area contributed by atoms with Gasteiger partial charge in [-0.3, -0.25) is 4.99 Å². The van der Waals surface area contributed by atoms with Crippen molar-refractivity contribution in [1.82, 2.24) is 14.8 Å². The Bertz CT molecular complexity index is 743. The third-order valence-corrected chi connectivity index (χ3v) is 4.80. The van der Waals surface area contributed by atoms with Gasteiger partial charge in [0.1, 0.15) is 0 Å². The first-order valence-electron chi connectivity index (χ1n) is 7.32. The molecule has 0 aromatic carbocycles. The molecular formula is C14H15BrN6O2. The van der Waals surface area contributed by atoms with E-state index in [1.807, 2.05) is 6.07 Å². The predicted molar refractivity (Wildman–Crippen MR) is 89.8 cm³/mol. The Kier molecular flexibility index (Phi) is 3.26. The van der Waals surface area contributed by atoms with Gasteiger partial charge in [-0.15, -0.1) is 0 Å². The summed E-state index contributed by atoms with van der Waals surface area (Å²) in [7, 11) is 1.60. The summed E-state index contributed by atoms with van der Waals surface area (Å²) < 4.78 is 0.910. The first kappa shape index (κ1) is 14.4. The number of pyridine rings is 1. The number of aliphatic imine (C=N–C) groups is 2. The van der Waals surface area contributed by atoms with Crippen LogP contribution in [-0.2, 0) is 0 Å². The highest BCUT2D eigenvalue weighted by atomic mass is 79.9. The van der Waals surface area contributed by atoms with Crippen LogP contribution in [0, 0.1) is 0 Å². The van der Waals surface area contributed by atoms with Crippen molar-refractivity contribution >= 4 is 45.2 Å². The molecule has 9 heteroatoms. The van der Waals surface area contributed by atoms with Gasteiger partial charge in [-0.05, 0) is 22.0 Å². The van der Waals surface area contributed by atoms with Gasteiger partial charge in [0.05, 0.1) is 18.3 Å². The Balaban J connectivity index is 1.62. The summed E-state index contributed by atoms with van der Waals surface area (Å²) in [5.74, 6) is 2.33. The minimum absolute atomic E-state index is 0.00933. The fraction of sp³-hybridized carbons (Fsp3) is 0.429. The number of anilines is 1. The number of amides is 1. The fourth-order valence-corrected chi connectivity index (χ4v) is 3.29. The molecule has 8 nitrogen and oxygen atoms in total. The Labute approximate surface area is 141 Å². The minimum Gasteiger partial charge on any atom is -0.465 e. The largest absolute Gasteiger partial charge is 0.465 e. The molecule has 23 heavy (non-hydrogen) atoms. The number of amidine groups is 2. The summed E-state index contributed by atoms with van der Waals surface area (Å²) in [6.45, 7) is 2.79. The lowest BCUT2D eigenvalue weighted by molar-refractivity contribution is 0.0878. The number of halogens is 1. The summed E-state index contributed by atoms with van der Waals surface area (Å²) >= 11 is 3.44. The van der Waals surface area contributed by atoms with Crippen molar-refractivity contribution in [3.05, 3.63) is 16.7 Å². The number of aromatic nitrogens is 1. The van der Waals surface area contributed by atoms with Gasteiger partial charge in [-0.1, -0.05) is 0 Å². The van der Waals surface area contributed by atoms with Crippen LogP contribution in [0.5, 0.6) is 0 Å². The lowest BCUT2D eigenvalue weighted by atomic mass is 10.1. The van der Waals surface area contributed by atoms with Crippen LogP contribution in [0.1, 0.15) is 0 Å². The van der Waals surface area contributed by atoms with Crippen LogP contribution in [-0.4, -0.2) is 76.9 Å². The van der Waals surface area contributed by atoms with Crippen molar-refractivity contribution in [2.75, 3.05) is 38.1 Å². The first-order chi connectivity index (χ1) is 11.0. The average Bonchev–Trinajstić information content (AvgIpc) is 2.95. The van der Waals surface area contributed by atoms with Gasteiger partial charge < -0.3 is 19.8 Å². The second-order valence-corrected chi connectivity index (χ2v) is 6.66. The first-order valence-corrected chi connectivity index (χ1v) is 8.11. The normalized spacial score (nSPS) is 19.6. The van der Waals surface area contributed by atoms with E-state index in [1.165, 1.54) is 4.90 Å². The van der Waals surface area contributed by atoms with E-state index < -0.39 is 6.09 Å². The smallest absolute Gasteiger partial charge is 0.407 e. The third kappa shape index (κ3) is 2.26. The van der Waals surface area contributed by atoms with Crippen LogP contribution >= 0.6 is 15.9 Å². The second-order valence-electron chi connectivity index (χ2n) is 5.74. The van der Waals surface area contributed by atoms with Crippen molar-refractivity contribution in [3.8, 4) is 0 Å². The molecule has 1 fully saturated rings. The topological polar surface area (TPSA) is 84.6 Å². The molecule has 4 heterocycles. The number of carbonyl (C=O) groups is 1. The standard InChI is InChI=1S/C14H15BrN6O2/c1-19(14(22)23)9-6-20(7-9)13-12-16-2-3-21(12)10-4-8(15)5-17-11(10)18-13/h4-5,9H,2-3,6-7H2,1H3,(H,22,23). The van der Waals surface area contributed by atoms with Gasteiger partial charge in [0, 0.05) is 37.4 Å². The molecule has 0 aliphatic carbocycles. The van der Waals surface area contributed by atoms with E-state index in [4.69, 9.17) is 5.11 Å². The highest BCUT2D eigenvalue weighted by molar-refractivity contribution is 9.10. The molecule has 1 aromatic rings. The monoisotopic (exact) mass is 378 g/mol. The SMILES string of the molecule is CN(C(=O)O)C1CN(C2=Nc3ncc(Br)cc3N3CCN=C23)C1. The molecule has 1 saturated heterocycles. The average molecular weight is 379 g/mol. The summed E-state index contributed by atoms with van der Waals surface area (Å²) in [5, 5.41) is 9.05. The summed E-state index contributed by atoms with van der Waals surface area (Å²) in [4.78, 5) is 30.2. The van der Waals surface area contributed by atoms with Crippen molar-refractivity contribution in [2.24, 2.45) is 9.98 Å². The van der Waals surface area contributed by atoms with Gasteiger partial charge in [0.15, 0.2) is 17.5 Å². The molecule has 0 atom stereocenters. The van der Waals surface area contributed by atoms with Crippen molar-refractivity contribution < 1.29 is 9.90 Å². The van der Waals surface area contributed by atoms with E-state index in [0.717, 1.165) is 34.9 Å². The van der Waals surface area contributed by atoms with Gasteiger partial charge >= 0.3 is 6.09 Å². The van der Waals surface area contributed by atoms with Crippen LogP contribution in [0.3, 0.4) is 0 Å². The van der Waals surface area contributed by atoms with E-state index in [-0.39, 0.29) is 6.04 Å². The molecule has 1 aromatic heterocycles. The van der Waals surface area contributed by atoms with Gasteiger partial charge in [0.25, 0.3) is 0 Å². The second kappa shape index (κ2) is 5.19. The Morgan fingerprint density at radius 2 is 2.22 bits per heavy atom. The number of fused-ring (bicyclic) bond motifs is 3. The number of likely N-dealkylation sites (tertiary alicyclic amines) is 1. The van der Waals surface area contributed by atoms with Crippen molar-refractivity contribution in [3.63, 3.8) is 0 Å². The van der Waals surface area contributed by atoms with Crippen LogP contribution in [0.25, 0.3) is 0 Å². The lowest BCUT2D eigenvalue weighted by Gasteiger charge is -2.45. The van der Waals surface area contributed by atoms with E-state index in [1.54, 1.807) is 13.2 Å². The predicted octanol–water partition coefficient (Wildman–Crippen LogP) is 1.40. The maximum absolute atomic E-state index is 11.0. The number of rotatable bonds is 1. The van der Waals surface area contributed by atoms with E-state index >= 15 is 0 Å². The van der Waals surface area contributed by atoms with Gasteiger partial charge in [-0.25, -0.2) is 14.8 Å². The quantitative estimate of drug-likeness (QED) is 0.798. The number of likely N-dealkylation sites (N-methyl/N-ethyl adjacent to an activating group) is 1. The molecule has 0 unspecified atom stereocenters. The molecule has 120 valence electrons. The van der Waals surface area contributed by atoms with Crippen LogP contribution in [0.4, 0.5) is 16.3 Å². The van der Waals surface area contributed by atoms with Crippen LogP contribution in [0.2, 0.25) is 0 Å². The van der Waals surface area contributed by atoms with E-state index in [9.17, 15) is 4.79 Å². The van der Waals surface area contributed by atoms with Crippen molar-refractivity contribution in [1.29, 1.82) is 0 Å². The highest BCUT2D eigenvalue weighted by Crippen LogP contribution is 2.35. The zero-order valence-corrected chi connectivity index (χ0v) is 14.1. The molecule has 3 aliphatic rings. The van der Waals surface area contributed by atoms with E-state index in [2.05, 4.69) is 40.7 Å². The maximum Gasteiger partial charge on any atom is 0.407 e. The minimum atomic E-state index is -0.906. The Morgan fingerprint density at radius 3 is 2.96 bits per heavy atom. The molecule has 1 N–H and O–H groups in total. The molecule has 1 amide bonds. The zero-order chi connectivity index (χ0) is 16.1. The van der Waals surface area contributed by atoms with E-state index in [0.29, 0.717) is 18.9 Å².